The van der Waals surface area contributed by atoms with Gasteiger partial charge in [-0.2, -0.15) is 0 Å². The van der Waals surface area contributed by atoms with Crippen molar-refractivity contribution in [2.75, 3.05) is 14.2 Å². The summed E-state index contributed by atoms with van der Waals surface area (Å²) in [5.74, 6) is 0.442. The molecule has 0 radical (unpaired) electrons. The molecule has 0 unspecified atom stereocenters. The summed E-state index contributed by atoms with van der Waals surface area (Å²) in [6.45, 7) is 4.04. The molecule has 1 aromatic carbocycles. The van der Waals surface area contributed by atoms with Gasteiger partial charge in [0.25, 0.3) is 0 Å². The van der Waals surface area contributed by atoms with Crippen molar-refractivity contribution in [3.63, 3.8) is 0 Å². The first-order valence-corrected chi connectivity index (χ1v) is 7.25. The van der Waals surface area contributed by atoms with E-state index in [-0.39, 0.29) is 5.97 Å². The number of hydrogen-bond acceptors (Lipinski definition) is 4. The number of benzene rings is 1. The molecule has 0 atom stereocenters. The summed E-state index contributed by atoms with van der Waals surface area (Å²) >= 11 is 6.88. The average molecular weight is 395 g/mol. The summed E-state index contributed by atoms with van der Waals surface area (Å²) < 4.78 is 11.9. The maximum absolute atomic E-state index is 11.6. The van der Waals surface area contributed by atoms with Gasteiger partial charge in [-0.15, -0.1) is 0 Å². The van der Waals surface area contributed by atoms with Crippen molar-refractivity contribution in [1.29, 1.82) is 0 Å². The highest BCUT2D eigenvalue weighted by Crippen LogP contribution is 2.32. The van der Waals surface area contributed by atoms with Gasteiger partial charge in [0.05, 0.1) is 18.7 Å². The van der Waals surface area contributed by atoms with Crippen LogP contribution in [0.4, 0.5) is 0 Å². The van der Waals surface area contributed by atoms with Crippen LogP contribution in [0, 0.1) is 0 Å². The van der Waals surface area contributed by atoms with Crippen molar-refractivity contribution in [2.45, 2.75) is 25.9 Å². The fourth-order valence-electron chi connectivity index (χ4n) is 1.62. The third-order valence-corrected chi connectivity index (χ3v) is 3.75. The number of carbonyl (C=O) groups excluding carboxylic acids is 1. The van der Waals surface area contributed by atoms with E-state index < -0.39 is 5.54 Å². The highest BCUT2D eigenvalue weighted by molar-refractivity contribution is 9.11. The number of carbonyl (C=O) groups is 1. The lowest BCUT2D eigenvalue weighted by molar-refractivity contribution is -0.147. The summed E-state index contributed by atoms with van der Waals surface area (Å²) in [6, 6.07) is 3.86. The first-order chi connectivity index (χ1) is 8.81. The third kappa shape index (κ3) is 4.19. The number of halogens is 2. The van der Waals surface area contributed by atoms with E-state index in [0.29, 0.717) is 6.54 Å². The van der Waals surface area contributed by atoms with E-state index in [0.717, 1.165) is 20.3 Å². The van der Waals surface area contributed by atoms with E-state index in [4.69, 9.17) is 9.47 Å². The monoisotopic (exact) mass is 393 g/mol. The quantitative estimate of drug-likeness (QED) is 0.778. The molecule has 0 fully saturated rings. The average Bonchev–Trinajstić information content (AvgIpc) is 2.34. The molecule has 106 valence electrons. The second-order valence-corrected chi connectivity index (χ2v) is 6.32. The van der Waals surface area contributed by atoms with Crippen molar-refractivity contribution < 1.29 is 14.3 Å². The van der Waals surface area contributed by atoms with E-state index in [1.165, 1.54) is 7.11 Å². The molecular formula is C13H17Br2NO3. The maximum Gasteiger partial charge on any atom is 0.325 e. The minimum absolute atomic E-state index is 0.305. The van der Waals surface area contributed by atoms with Crippen LogP contribution in [0.2, 0.25) is 0 Å². The van der Waals surface area contributed by atoms with Crippen LogP contribution in [0.3, 0.4) is 0 Å². The molecule has 0 aliphatic rings. The Morgan fingerprint density at radius 1 is 1.32 bits per heavy atom. The second kappa shape index (κ2) is 6.72. The van der Waals surface area contributed by atoms with E-state index in [1.54, 1.807) is 21.0 Å². The second-order valence-electron chi connectivity index (χ2n) is 4.55. The van der Waals surface area contributed by atoms with Crippen LogP contribution in [0.1, 0.15) is 19.4 Å². The van der Waals surface area contributed by atoms with E-state index in [9.17, 15) is 4.79 Å². The molecule has 0 amide bonds. The Labute approximate surface area is 130 Å². The Morgan fingerprint density at radius 3 is 2.47 bits per heavy atom. The smallest absolute Gasteiger partial charge is 0.325 e. The van der Waals surface area contributed by atoms with Gasteiger partial charge < -0.3 is 9.47 Å². The van der Waals surface area contributed by atoms with Gasteiger partial charge in [0.15, 0.2) is 0 Å². The molecule has 6 heteroatoms. The van der Waals surface area contributed by atoms with E-state index >= 15 is 0 Å². The molecule has 1 rings (SSSR count). The van der Waals surface area contributed by atoms with Crippen LogP contribution in [0.5, 0.6) is 5.75 Å². The molecule has 0 saturated carbocycles. The summed E-state index contributed by atoms with van der Waals surface area (Å²) in [5, 5.41) is 3.16. The van der Waals surface area contributed by atoms with Gasteiger partial charge in [-0.3, -0.25) is 10.1 Å². The number of esters is 1. The first kappa shape index (κ1) is 16.5. The molecule has 0 aromatic heterocycles. The van der Waals surface area contributed by atoms with E-state index in [1.807, 2.05) is 12.1 Å². The highest BCUT2D eigenvalue weighted by atomic mass is 79.9. The van der Waals surface area contributed by atoms with Crippen LogP contribution >= 0.6 is 31.9 Å². The number of nitrogens with one attached hydrogen (secondary N) is 1. The van der Waals surface area contributed by atoms with Crippen molar-refractivity contribution in [3.05, 3.63) is 26.6 Å². The maximum atomic E-state index is 11.6. The number of methoxy groups -OCH3 is 2. The van der Waals surface area contributed by atoms with Gasteiger partial charge in [0.1, 0.15) is 11.3 Å². The van der Waals surface area contributed by atoms with Gasteiger partial charge in [0, 0.05) is 16.6 Å². The molecule has 0 heterocycles. The third-order valence-electron chi connectivity index (χ3n) is 2.71. The molecule has 0 saturated heterocycles. The fraction of sp³-hybridized carbons (Fsp3) is 0.462. The predicted molar refractivity (Wildman–Crippen MR) is 81.3 cm³/mol. The van der Waals surface area contributed by atoms with Crippen LogP contribution in [-0.4, -0.2) is 25.7 Å². The normalized spacial score (nSPS) is 11.3. The zero-order chi connectivity index (χ0) is 14.6. The molecule has 0 bridgehead atoms. The lowest BCUT2D eigenvalue weighted by atomic mass is 10.1. The van der Waals surface area contributed by atoms with Crippen molar-refractivity contribution in [1.82, 2.24) is 5.32 Å². The molecule has 4 nitrogen and oxygen atoms in total. The van der Waals surface area contributed by atoms with Crippen LogP contribution in [0.25, 0.3) is 0 Å². The van der Waals surface area contributed by atoms with Crippen LogP contribution in [0.15, 0.2) is 21.1 Å². The number of hydrogen-bond donors (Lipinski definition) is 1. The molecule has 1 aromatic rings. The Bertz CT molecular complexity index is 475. The highest BCUT2D eigenvalue weighted by Gasteiger charge is 2.28. The Morgan fingerprint density at radius 2 is 1.95 bits per heavy atom. The summed E-state index contributed by atoms with van der Waals surface area (Å²) in [4.78, 5) is 11.6. The van der Waals surface area contributed by atoms with Gasteiger partial charge in [-0.05, 0) is 41.9 Å². The topological polar surface area (TPSA) is 47.6 Å². The standard InChI is InChI=1S/C13H17Br2NO3/c1-13(2,12(17)19-4)16-7-8-5-9(14)6-10(15)11(8)18-3/h5-6,16H,7H2,1-4H3. The van der Waals surface area contributed by atoms with E-state index in [2.05, 4.69) is 37.2 Å². The molecule has 0 aliphatic heterocycles. The molecular weight excluding hydrogens is 378 g/mol. The lowest BCUT2D eigenvalue weighted by Crippen LogP contribution is -2.47. The van der Waals surface area contributed by atoms with Crippen molar-refractivity contribution in [2.24, 2.45) is 0 Å². The van der Waals surface area contributed by atoms with Crippen molar-refractivity contribution >= 4 is 37.8 Å². The number of rotatable bonds is 5. The molecule has 1 N–H and O–H groups in total. The van der Waals surface area contributed by atoms with Gasteiger partial charge in [-0.1, -0.05) is 15.9 Å². The zero-order valence-electron chi connectivity index (χ0n) is 11.3. The predicted octanol–water partition coefficient (Wildman–Crippen LogP) is 3.26. The van der Waals surface area contributed by atoms with Crippen molar-refractivity contribution in [3.8, 4) is 5.75 Å². The Kier molecular flexibility index (Phi) is 5.82. The summed E-state index contributed by atoms with van der Waals surface area (Å²) in [6.07, 6.45) is 0. The minimum Gasteiger partial charge on any atom is -0.495 e. The lowest BCUT2D eigenvalue weighted by Gasteiger charge is -2.24. The fourth-order valence-corrected chi connectivity index (χ4v) is 3.09. The summed E-state index contributed by atoms with van der Waals surface area (Å²) in [5.41, 5.74) is 0.190. The van der Waals surface area contributed by atoms with Gasteiger partial charge in [-0.25, -0.2) is 0 Å². The number of ether oxygens (including phenoxy) is 2. The van der Waals surface area contributed by atoms with Gasteiger partial charge >= 0.3 is 5.97 Å². The SMILES string of the molecule is COC(=O)C(C)(C)NCc1cc(Br)cc(Br)c1OC. The zero-order valence-corrected chi connectivity index (χ0v) is 14.5. The minimum atomic E-state index is -0.755. The molecule has 0 spiro atoms. The summed E-state index contributed by atoms with van der Waals surface area (Å²) in [7, 11) is 2.99. The first-order valence-electron chi connectivity index (χ1n) is 5.67. The largest absolute Gasteiger partial charge is 0.495 e. The molecule has 19 heavy (non-hydrogen) atoms. The van der Waals surface area contributed by atoms with Crippen LogP contribution in [-0.2, 0) is 16.1 Å². The Balaban J connectivity index is 2.92. The van der Waals surface area contributed by atoms with Gasteiger partial charge in [0.2, 0.25) is 0 Å². The molecule has 0 aliphatic carbocycles. The van der Waals surface area contributed by atoms with Crippen LogP contribution < -0.4 is 10.1 Å². The Hall–Kier alpha value is -0.590.